The second-order valence-corrected chi connectivity index (χ2v) is 29.2. The third-order valence-corrected chi connectivity index (χ3v) is 25.1. The summed E-state index contributed by atoms with van der Waals surface area (Å²) in [6.07, 6.45) is 0. The normalized spacial score (nSPS) is 12.1. The highest BCUT2D eigenvalue weighted by Crippen LogP contribution is 2.42. The maximum absolute atomic E-state index is 10.1. The topological polar surface area (TPSA) is 87.1 Å². The van der Waals surface area contributed by atoms with Crippen LogP contribution in [0.2, 0.25) is 0 Å². The van der Waals surface area contributed by atoms with E-state index in [1.165, 1.54) is 42.3 Å². The van der Waals surface area contributed by atoms with Crippen molar-refractivity contribution >= 4 is 138 Å². The lowest BCUT2D eigenvalue weighted by molar-refractivity contribution is 0.892. The number of hydrogen-bond acceptors (Lipinski definition) is 4. The minimum atomic E-state index is -3.05. The zero-order valence-electron chi connectivity index (χ0n) is 52.8. The molecule has 0 unspecified atom stereocenters. The highest BCUT2D eigenvalue weighted by atomic mass is 28.3. The van der Waals surface area contributed by atoms with E-state index >= 15 is 0 Å². The van der Waals surface area contributed by atoms with Gasteiger partial charge >= 0.3 is 0 Å². The molecular formula is C88H55N9Si. The molecule has 0 bridgehead atoms. The second kappa shape index (κ2) is 21.7. The smallest absolute Gasteiger partial charge is 0.240 e. The van der Waals surface area contributed by atoms with Crippen molar-refractivity contribution in [1.82, 2.24) is 37.8 Å². The van der Waals surface area contributed by atoms with Gasteiger partial charge in [0.2, 0.25) is 11.9 Å². The van der Waals surface area contributed by atoms with Crippen molar-refractivity contribution in [2.45, 2.75) is 0 Å². The lowest BCUT2D eigenvalue weighted by Crippen LogP contribution is -2.74. The molecule has 0 saturated carbocycles. The van der Waals surface area contributed by atoms with Crippen LogP contribution in [0.5, 0.6) is 0 Å². The first-order chi connectivity index (χ1) is 48.6. The number of fused-ring (bicyclic) bond motifs is 15. The van der Waals surface area contributed by atoms with Crippen molar-refractivity contribution in [3.63, 3.8) is 0 Å². The third kappa shape index (κ3) is 8.14. The van der Waals surface area contributed by atoms with Gasteiger partial charge in [-0.2, -0.15) is 20.2 Å². The van der Waals surface area contributed by atoms with Crippen LogP contribution in [0.15, 0.2) is 334 Å². The molecule has 0 spiro atoms. The minimum Gasteiger partial charge on any atom is -0.309 e. The maximum Gasteiger partial charge on any atom is 0.240 e. The molecule has 0 aliphatic rings. The summed E-state index contributed by atoms with van der Waals surface area (Å²) in [5.41, 5.74) is 14.9. The third-order valence-electron chi connectivity index (χ3n) is 20.3. The molecule has 0 atom stereocenters. The van der Waals surface area contributed by atoms with Gasteiger partial charge in [0.25, 0.3) is 0 Å². The van der Waals surface area contributed by atoms with Gasteiger partial charge in [0, 0.05) is 76.5 Å². The SMILES string of the molecule is N#Cc1ccc2c(c1)c1ccccc1n2-c1ccc2c3ccccc3n(-c3nc(-c4cccc([Si](c5ccccc5)(c5ccccc5)c5ccccc5)c4)nc(-n4c5ccc(-n6c7ccccc7c7ccccc76)cc5c5cc(-n6c7ccccc7c7ccccc76)ccc54)n3)c2c1. The van der Waals surface area contributed by atoms with Crippen LogP contribution in [0.1, 0.15) is 5.56 Å². The van der Waals surface area contributed by atoms with Gasteiger partial charge in [-0.3, -0.25) is 9.13 Å². The quantitative estimate of drug-likeness (QED) is 0.101. The highest BCUT2D eigenvalue weighted by Gasteiger charge is 2.41. The average Bonchev–Trinajstić information content (AvgIpc) is 1.43. The molecule has 0 fully saturated rings. The molecule has 0 aliphatic heterocycles. The Morgan fingerprint density at radius 2 is 0.561 bits per heavy atom. The Labute approximate surface area is 563 Å². The number of aromatic nitrogens is 8. The van der Waals surface area contributed by atoms with Gasteiger partial charge in [0.05, 0.1) is 66.8 Å². The summed E-state index contributed by atoms with van der Waals surface area (Å²) in [6, 6.07) is 123. The first kappa shape index (κ1) is 55.3. The van der Waals surface area contributed by atoms with Crippen LogP contribution in [0.4, 0.5) is 0 Å². The van der Waals surface area contributed by atoms with Crippen molar-refractivity contribution in [1.29, 1.82) is 5.26 Å². The number of nitrogens with zero attached hydrogens (tertiary/aromatic N) is 9. The van der Waals surface area contributed by atoms with Crippen LogP contribution in [-0.4, -0.2) is 45.9 Å². The van der Waals surface area contributed by atoms with Crippen molar-refractivity contribution in [2.24, 2.45) is 0 Å². The average molecular weight is 1270 g/mol. The van der Waals surface area contributed by atoms with Crippen molar-refractivity contribution in [3.05, 3.63) is 339 Å². The van der Waals surface area contributed by atoms with Crippen LogP contribution >= 0.6 is 0 Å². The Morgan fingerprint density at radius 1 is 0.235 bits per heavy atom. The van der Waals surface area contributed by atoms with Gasteiger partial charge in [0.1, 0.15) is 0 Å². The van der Waals surface area contributed by atoms with Crippen LogP contribution in [0.25, 0.3) is 149 Å². The molecule has 14 aromatic carbocycles. The van der Waals surface area contributed by atoms with E-state index in [-0.39, 0.29) is 0 Å². The van der Waals surface area contributed by atoms with Crippen molar-refractivity contribution in [2.75, 3.05) is 0 Å². The second-order valence-electron chi connectivity index (χ2n) is 25.4. The molecule has 0 saturated heterocycles. The standard InChI is InChI=1S/C88H55N9Si/c89-56-57-43-48-82-73(51-57)71-36-15-20-41-80(71)95(82)61-44-47-72-70-35-14-21-42-81(70)97(85(72)55-61)88-91-86(58-23-22-30-65(52-58)98(62-24-4-1-5-25-62,63-26-6-2-7-27-63)64-28-8-3-9-29-64)90-87(92-88)96-83-49-45-59(93-76-37-16-10-31-66(76)67-32-11-17-38-77(67)93)53-74(83)75-54-60(46-50-84(75)96)94-78-39-18-12-33-68(78)69-34-13-19-40-79(69)94/h1-55H. The van der Waals surface area contributed by atoms with Gasteiger partial charge < -0.3 is 13.7 Å². The van der Waals surface area contributed by atoms with Crippen LogP contribution in [0.3, 0.4) is 0 Å². The number of benzene rings is 14. The Morgan fingerprint density at radius 3 is 1.01 bits per heavy atom. The van der Waals surface area contributed by atoms with Crippen LogP contribution < -0.4 is 20.7 Å². The first-order valence-corrected chi connectivity index (χ1v) is 35.1. The van der Waals surface area contributed by atoms with Crippen LogP contribution in [0, 0.1) is 11.3 Å². The van der Waals surface area contributed by atoms with Gasteiger partial charge in [-0.15, -0.1) is 0 Å². The largest absolute Gasteiger partial charge is 0.309 e. The van der Waals surface area contributed by atoms with E-state index in [4.69, 9.17) is 15.0 Å². The Hall–Kier alpha value is -13.2. The summed E-state index contributed by atoms with van der Waals surface area (Å²) >= 11 is 0. The molecule has 0 N–H and O–H groups in total. The molecule has 9 nitrogen and oxygen atoms in total. The monoisotopic (exact) mass is 1270 g/mol. The highest BCUT2D eigenvalue weighted by molar-refractivity contribution is 7.20. The van der Waals surface area contributed by atoms with E-state index in [1.807, 2.05) is 12.1 Å². The Kier molecular flexibility index (Phi) is 12.2. The molecule has 98 heavy (non-hydrogen) atoms. The molecule has 0 radical (unpaired) electrons. The predicted molar refractivity (Wildman–Crippen MR) is 405 cm³/mol. The zero-order valence-corrected chi connectivity index (χ0v) is 53.8. The van der Waals surface area contributed by atoms with E-state index in [9.17, 15) is 5.26 Å². The summed E-state index contributed by atoms with van der Waals surface area (Å²) in [6.45, 7) is 0. The fourth-order valence-electron chi connectivity index (χ4n) is 16.2. The lowest BCUT2D eigenvalue weighted by atomic mass is 10.1. The molecule has 10 heteroatoms. The number of hydrogen-bond donors (Lipinski definition) is 0. The van der Waals surface area contributed by atoms with E-state index < -0.39 is 8.07 Å². The summed E-state index contributed by atoms with van der Waals surface area (Å²) in [4.78, 5) is 17.4. The fourth-order valence-corrected chi connectivity index (χ4v) is 21.0. The van der Waals surface area contributed by atoms with E-state index in [1.54, 1.807) is 0 Å². The lowest BCUT2D eigenvalue weighted by Gasteiger charge is -2.34. The summed E-state index contributed by atoms with van der Waals surface area (Å²) in [5.74, 6) is 1.47. The zero-order chi connectivity index (χ0) is 64.6. The molecular weight excluding hydrogens is 1210 g/mol. The van der Waals surface area contributed by atoms with Gasteiger partial charge in [-0.05, 0) is 124 Å². The predicted octanol–water partition coefficient (Wildman–Crippen LogP) is 18.3. The van der Waals surface area contributed by atoms with E-state index in [2.05, 4.69) is 350 Å². The summed E-state index contributed by atoms with van der Waals surface area (Å²) in [5, 5.41) is 26.2. The van der Waals surface area contributed by atoms with Gasteiger partial charge in [-0.25, -0.2) is 0 Å². The summed E-state index contributed by atoms with van der Waals surface area (Å²) in [7, 11) is -3.05. The van der Waals surface area contributed by atoms with Gasteiger partial charge in [-0.1, -0.05) is 231 Å². The fraction of sp³-hybridized carbons (Fsp3) is 0. The Bertz CT molecular complexity index is 6330. The number of nitriles is 1. The molecule has 0 amide bonds. The number of rotatable bonds is 10. The van der Waals surface area contributed by atoms with Crippen molar-refractivity contribution < 1.29 is 0 Å². The van der Waals surface area contributed by atoms with Crippen molar-refractivity contribution in [3.8, 4) is 46.4 Å². The molecule has 6 aromatic heterocycles. The molecule has 6 heterocycles. The number of para-hydroxylation sites is 6. The molecule has 20 aromatic rings. The summed E-state index contributed by atoms with van der Waals surface area (Å²) < 4.78 is 11.6. The molecule has 20 rings (SSSR count). The maximum atomic E-state index is 10.1. The van der Waals surface area contributed by atoms with Gasteiger partial charge in [0.15, 0.2) is 13.9 Å². The van der Waals surface area contributed by atoms with Crippen LogP contribution in [-0.2, 0) is 0 Å². The molecule has 0 aliphatic carbocycles. The van der Waals surface area contributed by atoms with E-state index in [0.29, 0.717) is 23.3 Å². The molecule has 456 valence electrons. The minimum absolute atomic E-state index is 0.469. The Balaban J connectivity index is 0.887. The first-order valence-electron chi connectivity index (χ1n) is 33.1. The van der Waals surface area contributed by atoms with E-state index in [0.717, 1.165) is 110 Å².